The summed E-state index contributed by atoms with van der Waals surface area (Å²) in [6.07, 6.45) is 18.5. The van der Waals surface area contributed by atoms with Crippen molar-refractivity contribution in [2.75, 3.05) is 0 Å². The molecule has 0 spiro atoms. The molecule has 0 saturated heterocycles. The summed E-state index contributed by atoms with van der Waals surface area (Å²) in [5.41, 5.74) is -1.97. The first-order valence-corrected chi connectivity index (χ1v) is 11.0. The second-order valence-electron chi connectivity index (χ2n) is 7.53. The number of carbonyl (C=O) groups excluding carboxylic acids is 1. The van der Waals surface area contributed by atoms with Crippen LogP contribution in [0.15, 0.2) is 30.6 Å². The van der Waals surface area contributed by atoms with Crippen molar-refractivity contribution in [1.82, 2.24) is 0 Å². The van der Waals surface area contributed by atoms with Crippen LogP contribution in [0.25, 0.3) is 0 Å². The molecular weight excluding hydrogens is 429 g/mol. The lowest BCUT2D eigenvalue weighted by Gasteiger charge is -2.07. The first-order valence-electron chi connectivity index (χ1n) is 11.0. The average Bonchev–Trinajstić information content (AvgIpc) is 2.78. The number of aromatic carboxylic acids is 1. The predicted octanol–water partition coefficient (Wildman–Crippen LogP) is 5.64. The summed E-state index contributed by atoms with van der Waals surface area (Å²) in [5.74, 6) is -14.4. The zero-order valence-electron chi connectivity index (χ0n) is 18.3. The van der Waals surface area contributed by atoms with E-state index in [1.54, 1.807) is 0 Å². The molecule has 2 aromatic rings. The van der Waals surface area contributed by atoms with Gasteiger partial charge in [0.25, 0.3) is 0 Å². The molecule has 2 rings (SSSR count). The number of carbonyl (C=O) groups is 1. The van der Waals surface area contributed by atoms with Crippen LogP contribution in [0, 0.1) is 29.1 Å². The van der Waals surface area contributed by atoms with Gasteiger partial charge in [0.1, 0.15) is 6.54 Å². The van der Waals surface area contributed by atoms with Crippen molar-refractivity contribution in [3.05, 3.63) is 65.2 Å². The highest BCUT2D eigenvalue weighted by Crippen LogP contribution is 2.22. The summed E-state index contributed by atoms with van der Waals surface area (Å²) < 4.78 is 64.2. The molecule has 1 aromatic heterocycles. The van der Waals surface area contributed by atoms with Crippen molar-refractivity contribution in [1.29, 1.82) is 0 Å². The van der Waals surface area contributed by atoms with Crippen LogP contribution in [0.4, 0.5) is 22.0 Å². The number of benzene rings is 1. The van der Waals surface area contributed by atoms with Crippen LogP contribution in [0.5, 0.6) is 0 Å². The van der Waals surface area contributed by atoms with E-state index in [1.165, 1.54) is 70.8 Å². The number of rotatable bonds is 12. The molecule has 0 aliphatic rings. The zero-order valence-corrected chi connectivity index (χ0v) is 18.3. The van der Waals surface area contributed by atoms with E-state index >= 15 is 0 Å². The second-order valence-corrected chi connectivity index (χ2v) is 7.53. The molecule has 1 aromatic carbocycles. The topological polar surface area (TPSA) is 44.0 Å². The van der Waals surface area contributed by atoms with Gasteiger partial charge in [-0.15, -0.1) is 0 Å². The maximum absolute atomic E-state index is 12.5. The van der Waals surface area contributed by atoms with Crippen LogP contribution in [0.2, 0.25) is 0 Å². The predicted molar refractivity (Wildman–Crippen MR) is 109 cm³/mol. The van der Waals surface area contributed by atoms with E-state index in [-0.39, 0.29) is 0 Å². The van der Waals surface area contributed by atoms with E-state index in [0.29, 0.717) is 0 Å². The highest BCUT2D eigenvalue weighted by molar-refractivity contribution is 5.86. The Morgan fingerprint density at radius 1 is 0.688 bits per heavy atom. The monoisotopic (exact) mass is 459 g/mol. The Morgan fingerprint density at radius 2 is 1.09 bits per heavy atom. The lowest BCUT2D eigenvalue weighted by molar-refractivity contribution is -0.697. The van der Waals surface area contributed by atoms with Crippen LogP contribution in [-0.2, 0) is 6.54 Å². The maximum atomic E-state index is 12.5. The van der Waals surface area contributed by atoms with Gasteiger partial charge in [-0.05, 0) is 6.42 Å². The summed E-state index contributed by atoms with van der Waals surface area (Å²) in [6.45, 7) is 3.46. The largest absolute Gasteiger partial charge is 0.545 e. The van der Waals surface area contributed by atoms with Gasteiger partial charge in [0.05, 0.1) is 11.5 Å². The smallest absolute Gasteiger partial charge is 0.200 e. The van der Waals surface area contributed by atoms with Gasteiger partial charge in [0.2, 0.25) is 5.82 Å². The summed E-state index contributed by atoms with van der Waals surface area (Å²) in [5, 5.41) is 10.0. The minimum atomic E-state index is -2.47. The van der Waals surface area contributed by atoms with Crippen molar-refractivity contribution in [2.24, 2.45) is 0 Å². The first-order chi connectivity index (χ1) is 15.3. The zero-order chi connectivity index (χ0) is 23.9. The Bertz CT molecular complexity index is 802. The van der Waals surface area contributed by atoms with Crippen molar-refractivity contribution >= 4 is 5.97 Å². The molecule has 3 nitrogen and oxygen atoms in total. The number of hydrogen-bond donors (Lipinski definition) is 0. The van der Waals surface area contributed by atoms with Gasteiger partial charge in [-0.3, -0.25) is 0 Å². The Kier molecular flexibility index (Phi) is 13.2. The number of halogens is 5. The lowest BCUT2D eigenvalue weighted by Crippen LogP contribution is -2.32. The Morgan fingerprint density at radius 3 is 1.53 bits per heavy atom. The van der Waals surface area contributed by atoms with E-state index in [4.69, 9.17) is 0 Å². The number of unbranched alkanes of at least 4 members (excludes halogenated alkanes) is 9. The van der Waals surface area contributed by atoms with Gasteiger partial charge >= 0.3 is 0 Å². The molecule has 0 saturated carbocycles. The molecular formula is C24H30F5NO2. The molecule has 0 bridgehead atoms. The molecule has 8 heteroatoms. The van der Waals surface area contributed by atoms with Crippen LogP contribution < -0.4 is 9.67 Å². The SMILES string of the molecule is CCCCCCCCCCCC[n+]1ccccc1.O=C([O-])c1c(F)c(F)c(F)c(F)c1F. The van der Waals surface area contributed by atoms with Crippen molar-refractivity contribution in [3.8, 4) is 0 Å². The van der Waals surface area contributed by atoms with E-state index in [2.05, 4.69) is 42.1 Å². The molecule has 0 atom stereocenters. The Hall–Kier alpha value is -2.51. The normalized spacial score (nSPS) is 10.6. The summed E-state index contributed by atoms with van der Waals surface area (Å²) in [7, 11) is 0. The van der Waals surface area contributed by atoms with Crippen molar-refractivity contribution < 1.29 is 36.4 Å². The van der Waals surface area contributed by atoms with Gasteiger partial charge in [-0.1, -0.05) is 64.4 Å². The van der Waals surface area contributed by atoms with Gasteiger partial charge in [-0.2, -0.15) is 0 Å². The van der Waals surface area contributed by atoms with Crippen molar-refractivity contribution in [3.63, 3.8) is 0 Å². The fourth-order valence-electron chi connectivity index (χ4n) is 3.15. The Balaban J connectivity index is 0.000000330. The molecule has 0 amide bonds. The lowest BCUT2D eigenvalue weighted by atomic mass is 10.1. The average molecular weight is 459 g/mol. The minimum Gasteiger partial charge on any atom is -0.545 e. The number of nitrogens with zero attached hydrogens (tertiary/aromatic N) is 1. The third kappa shape index (κ3) is 9.32. The molecule has 0 unspecified atom stereocenters. The molecule has 1 heterocycles. The maximum Gasteiger partial charge on any atom is 0.200 e. The van der Waals surface area contributed by atoms with E-state index in [0.717, 1.165) is 0 Å². The van der Waals surface area contributed by atoms with E-state index in [1.807, 2.05) is 0 Å². The highest BCUT2D eigenvalue weighted by atomic mass is 19.2. The number of aromatic nitrogens is 1. The van der Waals surface area contributed by atoms with Crippen LogP contribution >= 0.6 is 0 Å². The first kappa shape index (κ1) is 27.5. The van der Waals surface area contributed by atoms with Gasteiger partial charge in [0, 0.05) is 18.6 Å². The minimum absolute atomic E-state index is 1.18. The number of carboxylic acid groups (broad SMARTS) is 1. The fourth-order valence-corrected chi connectivity index (χ4v) is 3.15. The van der Waals surface area contributed by atoms with Crippen molar-refractivity contribution in [2.45, 2.75) is 77.7 Å². The van der Waals surface area contributed by atoms with Crippen LogP contribution in [-0.4, -0.2) is 5.97 Å². The van der Waals surface area contributed by atoms with E-state index in [9.17, 15) is 31.9 Å². The van der Waals surface area contributed by atoms with Crippen LogP contribution in [0.1, 0.15) is 81.5 Å². The van der Waals surface area contributed by atoms with E-state index < -0.39 is 40.6 Å². The summed E-state index contributed by atoms with van der Waals surface area (Å²) >= 11 is 0. The number of hydrogen-bond acceptors (Lipinski definition) is 2. The van der Waals surface area contributed by atoms with Gasteiger partial charge in [-0.25, -0.2) is 26.5 Å². The summed E-state index contributed by atoms with van der Waals surface area (Å²) in [6, 6.07) is 6.29. The third-order valence-corrected chi connectivity index (χ3v) is 4.96. The molecule has 178 valence electrons. The van der Waals surface area contributed by atoms with Gasteiger partial charge < -0.3 is 9.90 Å². The second kappa shape index (κ2) is 15.3. The fraction of sp³-hybridized carbons (Fsp3) is 0.500. The third-order valence-electron chi connectivity index (χ3n) is 4.96. The molecule has 0 radical (unpaired) electrons. The molecule has 32 heavy (non-hydrogen) atoms. The standard InChI is InChI=1S/C17H30N.C7HF5O2/c1-2-3-4-5-6-7-8-9-10-12-15-18-16-13-11-14-17-18;8-2-1(7(13)14)3(9)5(11)6(12)4(2)10/h11,13-14,16-17H,2-10,12,15H2,1H3;(H,13,14)/q+1;/p-1. The Labute approximate surface area is 185 Å². The summed E-state index contributed by atoms with van der Waals surface area (Å²) in [4.78, 5) is 10.0. The quantitative estimate of drug-likeness (QED) is 0.136. The number of carboxylic acids is 1. The van der Waals surface area contributed by atoms with Gasteiger partial charge in [0.15, 0.2) is 35.7 Å². The molecule has 0 aliphatic heterocycles. The van der Waals surface area contributed by atoms with Crippen LogP contribution in [0.3, 0.4) is 0 Å². The molecule has 0 aliphatic carbocycles. The number of aryl methyl sites for hydroxylation is 1. The molecule has 0 N–H and O–H groups in total. The number of pyridine rings is 1. The molecule has 0 fully saturated rings. The highest BCUT2D eigenvalue weighted by Gasteiger charge is 2.25.